The zero-order valence-corrected chi connectivity index (χ0v) is 10.2. The molecule has 0 saturated carbocycles. The molecular formula is C12H13F3O3. The van der Waals surface area contributed by atoms with Crippen LogP contribution in [0.15, 0.2) is 24.3 Å². The number of carbonyl (C=O) groups is 1. The predicted octanol–water partition coefficient (Wildman–Crippen LogP) is 3.04. The molecule has 3 nitrogen and oxygen atoms in total. The van der Waals surface area contributed by atoms with Crippen LogP contribution in [0.5, 0.6) is 5.75 Å². The summed E-state index contributed by atoms with van der Waals surface area (Å²) in [5.74, 6) is -0.572. The molecule has 1 atom stereocenters. The molecule has 1 aromatic rings. The van der Waals surface area contributed by atoms with Crippen molar-refractivity contribution in [3.05, 3.63) is 29.8 Å². The van der Waals surface area contributed by atoms with Crippen LogP contribution in [-0.4, -0.2) is 19.3 Å². The first-order valence-electron chi connectivity index (χ1n) is 5.11. The maximum atomic E-state index is 13.0. The number of rotatable bonds is 3. The fraction of sp³-hybridized carbons (Fsp3) is 0.417. The summed E-state index contributed by atoms with van der Waals surface area (Å²) < 4.78 is 48.4. The van der Waals surface area contributed by atoms with Crippen LogP contribution >= 0.6 is 0 Å². The van der Waals surface area contributed by atoms with E-state index in [0.717, 1.165) is 13.8 Å². The maximum Gasteiger partial charge on any atom is 0.432 e. The van der Waals surface area contributed by atoms with Crippen LogP contribution in [0.1, 0.15) is 19.4 Å². The second-order valence-electron chi connectivity index (χ2n) is 3.85. The van der Waals surface area contributed by atoms with E-state index in [-0.39, 0.29) is 5.56 Å². The van der Waals surface area contributed by atoms with Crippen molar-refractivity contribution in [1.82, 2.24) is 0 Å². The Morgan fingerprint density at radius 1 is 1.17 bits per heavy atom. The van der Waals surface area contributed by atoms with Gasteiger partial charge < -0.3 is 9.47 Å². The Labute approximate surface area is 103 Å². The molecule has 0 N–H and O–H groups in total. The van der Waals surface area contributed by atoms with Crippen molar-refractivity contribution in [2.45, 2.75) is 25.6 Å². The minimum atomic E-state index is -4.70. The van der Waals surface area contributed by atoms with E-state index in [1.165, 1.54) is 31.4 Å². The highest BCUT2D eigenvalue weighted by atomic mass is 19.4. The average molecular weight is 262 g/mol. The normalized spacial score (nSPS) is 14.8. The molecule has 100 valence electrons. The summed E-state index contributed by atoms with van der Waals surface area (Å²) in [6.07, 6.45) is -4.70. The molecule has 0 aliphatic carbocycles. The Balaban J connectivity index is 3.21. The number of hydrogen-bond acceptors (Lipinski definition) is 3. The molecular weight excluding hydrogens is 249 g/mol. The summed E-state index contributed by atoms with van der Waals surface area (Å²) in [5.41, 5.74) is -2.82. The summed E-state index contributed by atoms with van der Waals surface area (Å²) >= 11 is 0. The molecule has 1 rings (SSSR count). The van der Waals surface area contributed by atoms with Gasteiger partial charge in [-0.1, -0.05) is 12.1 Å². The van der Waals surface area contributed by atoms with Crippen molar-refractivity contribution >= 4 is 5.97 Å². The van der Waals surface area contributed by atoms with Crippen molar-refractivity contribution in [3.63, 3.8) is 0 Å². The lowest BCUT2D eigenvalue weighted by Gasteiger charge is -2.31. The average Bonchev–Trinajstić information content (AvgIpc) is 2.26. The lowest BCUT2D eigenvalue weighted by molar-refractivity contribution is -0.268. The smallest absolute Gasteiger partial charge is 0.432 e. The quantitative estimate of drug-likeness (QED) is 0.785. The van der Waals surface area contributed by atoms with Crippen molar-refractivity contribution in [2.24, 2.45) is 0 Å². The molecule has 0 aliphatic heterocycles. The molecule has 1 unspecified atom stereocenters. The van der Waals surface area contributed by atoms with Crippen molar-refractivity contribution in [2.75, 3.05) is 7.11 Å². The second kappa shape index (κ2) is 4.88. The number of halogens is 3. The first-order valence-corrected chi connectivity index (χ1v) is 5.11. The number of ether oxygens (including phenoxy) is 2. The largest absolute Gasteiger partial charge is 0.497 e. The molecule has 0 aromatic heterocycles. The van der Waals surface area contributed by atoms with Gasteiger partial charge in [0, 0.05) is 12.5 Å². The lowest BCUT2D eigenvalue weighted by atomic mass is 9.95. The minimum Gasteiger partial charge on any atom is -0.497 e. The SMILES string of the molecule is COc1ccc(C(C)(OC(C)=O)C(F)(F)F)cc1. The molecule has 0 saturated heterocycles. The number of carbonyl (C=O) groups excluding carboxylic acids is 1. The molecule has 0 bridgehead atoms. The zero-order chi connectivity index (χ0) is 14.0. The highest BCUT2D eigenvalue weighted by Gasteiger charge is 2.55. The number of methoxy groups -OCH3 is 1. The van der Waals surface area contributed by atoms with E-state index in [2.05, 4.69) is 4.74 Å². The summed E-state index contributed by atoms with van der Waals surface area (Å²) in [6, 6.07) is 5.19. The third-order valence-corrected chi connectivity index (χ3v) is 2.53. The Kier molecular flexibility index (Phi) is 3.88. The standard InChI is InChI=1S/C12H13F3O3/c1-8(16)18-11(2,12(13,14)15)9-4-6-10(17-3)7-5-9/h4-7H,1-3H3. The third kappa shape index (κ3) is 2.75. The zero-order valence-electron chi connectivity index (χ0n) is 10.2. The number of benzene rings is 1. The van der Waals surface area contributed by atoms with Gasteiger partial charge in [-0.2, -0.15) is 13.2 Å². The summed E-state index contributed by atoms with van der Waals surface area (Å²) in [6.45, 7) is 1.75. The number of alkyl halides is 3. The van der Waals surface area contributed by atoms with Gasteiger partial charge in [-0.05, 0) is 19.1 Å². The summed E-state index contributed by atoms with van der Waals surface area (Å²) in [5, 5.41) is 0. The van der Waals surface area contributed by atoms with Crippen molar-refractivity contribution in [1.29, 1.82) is 0 Å². The molecule has 0 fully saturated rings. The molecule has 1 aromatic carbocycles. The molecule has 0 aliphatic rings. The van der Waals surface area contributed by atoms with Gasteiger partial charge >= 0.3 is 12.1 Å². The molecule has 0 spiro atoms. The highest BCUT2D eigenvalue weighted by Crippen LogP contribution is 2.42. The van der Waals surface area contributed by atoms with E-state index < -0.39 is 17.7 Å². The minimum absolute atomic E-state index is 0.161. The maximum absolute atomic E-state index is 13.0. The lowest BCUT2D eigenvalue weighted by Crippen LogP contribution is -2.43. The van der Waals surface area contributed by atoms with E-state index in [1.54, 1.807) is 0 Å². The molecule has 0 amide bonds. The van der Waals surface area contributed by atoms with Gasteiger partial charge in [0.25, 0.3) is 0 Å². The molecule has 0 radical (unpaired) electrons. The van der Waals surface area contributed by atoms with Gasteiger partial charge in [0.2, 0.25) is 5.60 Å². The first kappa shape index (κ1) is 14.3. The Bertz CT molecular complexity index is 425. The summed E-state index contributed by atoms with van der Waals surface area (Å²) in [7, 11) is 1.41. The van der Waals surface area contributed by atoms with Crippen LogP contribution in [0.2, 0.25) is 0 Å². The van der Waals surface area contributed by atoms with E-state index in [4.69, 9.17) is 4.74 Å². The van der Waals surface area contributed by atoms with E-state index in [9.17, 15) is 18.0 Å². The van der Waals surface area contributed by atoms with E-state index in [0.29, 0.717) is 5.75 Å². The fourth-order valence-corrected chi connectivity index (χ4v) is 1.48. The Hall–Kier alpha value is -1.72. The van der Waals surface area contributed by atoms with Gasteiger partial charge in [-0.3, -0.25) is 4.79 Å². The Morgan fingerprint density at radius 2 is 1.67 bits per heavy atom. The van der Waals surface area contributed by atoms with Crippen LogP contribution in [0.4, 0.5) is 13.2 Å². The van der Waals surface area contributed by atoms with Gasteiger partial charge in [0.05, 0.1) is 7.11 Å². The van der Waals surface area contributed by atoms with Gasteiger partial charge in [-0.15, -0.1) is 0 Å². The van der Waals surface area contributed by atoms with Crippen molar-refractivity contribution < 1.29 is 27.4 Å². The second-order valence-corrected chi connectivity index (χ2v) is 3.85. The van der Waals surface area contributed by atoms with Crippen LogP contribution in [-0.2, 0) is 15.1 Å². The Morgan fingerprint density at radius 3 is 2.00 bits per heavy atom. The predicted molar refractivity (Wildman–Crippen MR) is 58.2 cm³/mol. The van der Waals surface area contributed by atoms with Gasteiger partial charge in [-0.25, -0.2) is 0 Å². The topological polar surface area (TPSA) is 35.5 Å². The number of esters is 1. The van der Waals surface area contributed by atoms with E-state index >= 15 is 0 Å². The first-order chi connectivity index (χ1) is 8.20. The monoisotopic (exact) mass is 262 g/mol. The van der Waals surface area contributed by atoms with Crippen LogP contribution in [0.3, 0.4) is 0 Å². The van der Waals surface area contributed by atoms with Crippen LogP contribution in [0.25, 0.3) is 0 Å². The van der Waals surface area contributed by atoms with Crippen LogP contribution < -0.4 is 4.74 Å². The molecule has 6 heteroatoms. The van der Waals surface area contributed by atoms with E-state index in [1.807, 2.05) is 0 Å². The van der Waals surface area contributed by atoms with Gasteiger partial charge in [0.15, 0.2) is 0 Å². The van der Waals surface area contributed by atoms with Gasteiger partial charge in [0.1, 0.15) is 5.75 Å². The molecule has 0 heterocycles. The van der Waals surface area contributed by atoms with Crippen molar-refractivity contribution in [3.8, 4) is 5.75 Å². The highest BCUT2D eigenvalue weighted by molar-refractivity contribution is 5.67. The molecule has 18 heavy (non-hydrogen) atoms. The fourth-order valence-electron chi connectivity index (χ4n) is 1.48. The van der Waals surface area contributed by atoms with Crippen LogP contribution in [0, 0.1) is 0 Å². The third-order valence-electron chi connectivity index (χ3n) is 2.53. The number of hydrogen-bond donors (Lipinski definition) is 0. The summed E-state index contributed by atoms with van der Waals surface area (Å²) in [4.78, 5) is 10.9.